The number of H-pyrrole nitrogens is 2. The number of fused-ring (bicyclic) bond motifs is 8. The molecule has 0 radical (unpaired) electrons. The Hall–Kier alpha value is -7.62. The molecule has 304 valence electrons. The third-order valence-corrected chi connectivity index (χ3v) is 12.0. The van der Waals surface area contributed by atoms with Crippen LogP contribution < -0.4 is 0 Å². The van der Waals surface area contributed by atoms with Crippen molar-refractivity contribution < 1.29 is 19.1 Å². The SMILES string of the molecule is COC(=O)[C@@H]1CN(Cc2cc3[nH]c2c(-c2ccccc2)c2nc(c(-c4ccccc4)c4ccc([nH]4)c(-c4ccccc4)c4nc(c3-c3ccccc3)C=C4)C=C2)C[C@H]1C(=O)OC. The lowest BCUT2D eigenvalue weighted by Gasteiger charge is -2.15. The minimum absolute atomic E-state index is 0.334. The number of methoxy groups -OCH3 is 2. The van der Waals surface area contributed by atoms with Crippen LogP contribution in [0.15, 0.2) is 140 Å². The van der Waals surface area contributed by atoms with Gasteiger partial charge in [-0.05, 0) is 70.3 Å². The van der Waals surface area contributed by atoms with E-state index in [2.05, 4.69) is 130 Å². The molecule has 3 aliphatic heterocycles. The zero-order valence-corrected chi connectivity index (χ0v) is 34.3. The molecule has 8 bridgehead atoms. The number of aromatic amines is 2. The smallest absolute Gasteiger partial charge is 0.310 e. The molecule has 0 saturated carbocycles. The van der Waals surface area contributed by atoms with E-state index >= 15 is 0 Å². The second-order valence-corrected chi connectivity index (χ2v) is 15.7. The lowest BCUT2D eigenvalue weighted by Crippen LogP contribution is -2.30. The summed E-state index contributed by atoms with van der Waals surface area (Å²) in [7, 11) is 2.72. The lowest BCUT2D eigenvalue weighted by molar-refractivity contribution is -0.155. The molecular formula is C53H43N5O4. The van der Waals surface area contributed by atoms with Crippen LogP contribution in [0.2, 0.25) is 0 Å². The van der Waals surface area contributed by atoms with Crippen LogP contribution in [0, 0.1) is 11.8 Å². The van der Waals surface area contributed by atoms with Crippen molar-refractivity contribution in [2.45, 2.75) is 6.54 Å². The van der Waals surface area contributed by atoms with Gasteiger partial charge in [-0.15, -0.1) is 0 Å². The molecule has 4 aromatic carbocycles. The average Bonchev–Trinajstić information content (AvgIpc) is 4.19. The predicted octanol–water partition coefficient (Wildman–Crippen LogP) is 10.7. The van der Waals surface area contributed by atoms with Gasteiger partial charge in [0.05, 0.1) is 54.3 Å². The van der Waals surface area contributed by atoms with Gasteiger partial charge < -0.3 is 19.4 Å². The normalized spacial score (nSPS) is 15.8. The second kappa shape index (κ2) is 16.4. The van der Waals surface area contributed by atoms with Crippen molar-refractivity contribution >= 4 is 58.3 Å². The number of nitrogens with zero attached hydrogens (tertiary/aromatic N) is 3. The number of hydrogen-bond donors (Lipinski definition) is 2. The summed E-state index contributed by atoms with van der Waals surface area (Å²) in [5.41, 5.74) is 15.7. The first-order valence-corrected chi connectivity index (χ1v) is 20.8. The molecule has 62 heavy (non-hydrogen) atoms. The van der Waals surface area contributed by atoms with Gasteiger partial charge in [-0.2, -0.15) is 0 Å². The Balaban J connectivity index is 1.34. The Morgan fingerprint density at radius 1 is 0.516 bits per heavy atom. The second-order valence-electron chi connectivity index (χ2n) is 15.7. The highest BCUT2D eigenvalue weighted by atomic mass is 16.5. The van der Waals surface area contributed by atoms with Crippen molar-refractivity contribution in [3.63, 3.8) is 0 Å². The Morgan fingerprint density at radius 3 is 1.29 bits per heavy atom. The summed E-state index contributed by atoms with van der Waals surface area (Å²) in [6.07, 6.45) is 8.39. The maximum Gasteiger partial charge on any atom is 0.310 e. The fraction of sp³-hybridized carbons (Fsp3) is 0.132. The van der Waals surface area contributed by atoms with E-state index in [0.29, 0.717) is 19.6 Å². The van der Waals surface area contributed by atoms with Gasteiger partial charge in [-0.3, -0.25) is 14.5 Å². The Bertz CT molecular complexity index is 3040. The monoisotopic (exact) mass is 813 g/mol. The predicted molar refractivity (Wildman–Crippen MR) is 247 cm³/mol. The quantitative estimate of drug-likeness (QED) is 0.147. The van der Waals surface area contributed by atoms with Crippen LogP contribution >= 0.6 is 0 Å². The molecule has 0 aliphatic carbocycles. The fourth-order valence-electron chi connectivity index (χ4n) is 9.15. The summed E-state index contributed by atoms with van der Waals surface area (Å²) >= 11 is 0. The highest BCUT2D eigenvalue weighted by Crippen LogP contribution is 2.40. The standard InChI is InChI=1S/C53H43N5O4/c1-61-52(59)38-31-58(32-39(38)53(60)62-2)30-37-29-46-49(35-19-11-5-12-20-35)44-26-25-42(55-44)47(33-15-7-3-8-16-33)40-23-24-41(54-40)48(34-17-9-4-10-18-34)43-27-28-45(56-43)50(51(37)57-46)36-21-13-6-14-22-36/h3-29,38-39,54,57H,30-32H2,1-2H3/t38-,39-/m1/s1. The number of esters is 2. The van der Waals surface area contributed by atoms with E-state index < -0.39 is 23.8 Å². The minimum Gasteiger partial charge on any atom is -0.469 e. The van der Waals surface area contributed by atoms with Crippen molar-refractivity contribution in [3.05, 3.63) is 168 Å². The van der Waals surface area contributed by atoms with Crippen LogP contribution in [0.25, 0.3) is 90.9 Å². The molecule has 10 rings (SSSR count). The molecule has 2 atom stereocenters. The van der Waals surface area contributed by atoms with E-state index in [0.717, 1.165) is 94.9 Å². The molecule has 9 nitrogen and oxygen atoms in total. The van der Waals surface area contributed by atoms with Crippen LogP contribution in [-0.2, 0) is 25.6 Å². The summed E-state index contributed by atoms with van der Waals surface area (Å²) in [6.45, 7) is 1.09. The van der Waals surface area contributed by atoms with Crippen LogP contribution in [0.1, 0.15) is 28.3 Å². The van der Waals surface area contributed by atoms with E-state index in [1.165, 1.54) is 14.2 Å². The molecule has 7 aromatic rings. The van der Waals surface area contributed by atoms with Gasteiger partial charge >= 0.3 is 11.9 Å². The molecule has 0 spiro atoms. The van der Waals surface area contributed by atoms with E-state index in [4.69, 9.17) is 19.4 Å². The zero-order valence-electron chi connectivity index (χ0n) is 34.3. The highest BCUT2D eigenvalue weighted by molar-refractivity contribution is 6.00. The molecule has 0 unspecified atom stereocenters. The maximum atomic E-state index is 13.1. The van der Waals surface area contributed by atoms with Gasteiger partial charge in [0, 0.05) is 58.4 Å². The Kier molecular flexibility index (Phi) is 10.2. The molecule has 9 heteroatoms. The summed E-state index contributed by atoms with van der Waals surface area (Å²) in [5, 5.41) is 0. The van der Waals surface area contributed by atoms with Gasteiger partial charge in [0.25, 0.3) is 0 Å². The van der Waals surface area contributed by atoms with E-state index in [-0.39, 0.29) is 0 Å². The minimum atomic E-state index is -0.658. The first-order valence-electron chi connectivity index (χ1n) is 20.8. The molecule has 1 fully saturated rings. The number of carbonyl (C=O) groups is 2. The third kappa shape index (κ3) is 7.12. The van der Waals surface area contributed by atoms with Crippen molar-refractivity contribution in [1.29, 1.82) is 0 Å². The van der Waals surface area contributed by atoms with Crippen LogP contribution in [-0.4, -0.2) is 64.1 Å². The van der Waals surface area contributed by atoms with Gasteiger partial charge in [0.15, 0.2) is 0 Å². The molecule has 3 aliphatic rings. The van der Waals surface area contributed by atoms with Crippen LogP contribution in [0.3, 0.4) is 0 Å². The van der Waals surface area contributed by atoms with E-state index in [1.807, 2.05) is 48.5 Å². The summed E-state index contributed by atoms with van der Waals surface area (Å²) in [4.78, 5) is 46.9. The third-order valence-electron chi connectivity index (χ3n) is 12.0. The van der Waals surface area contributed by atoms with Gasteiger partial charge in [-0.1, -0.05) is 121 Å². The first-order chi connectivity index (χ1) is 30.5. The number of likely N-dealkylation sites (tertiary alicyclic amines) is 1. The topological polar surface area (TPSA) is 113 Å². The molecule has 0 amide bonds. The number of rotatable bonds is 8. The summed E-state index contributed by atoms with van der Waals surface area (Å²) in [5.74, 6) is -2.17. The highest BCUT2D eigenvalue weighted by Gasteiger charge is 2.43. The van der Waals surface area contributed by atoms with Gasteiger partial charge in [-0.25, -0.2) is 9.97 Å². The Labute approximate surface area is 359 Å². The average molecular weight is 814 g/mol. The number of aromatic nitrogens is 4. The molecule has 1 saturated heterocycles. The van der Waals surface area contributed by atoms with Crippen LogP contribution in [0.5, 0.6) is 0 Å². The maximum absolute atomic E-state index is 13.1. The van der Waals surface area contributed by atoms with Crippen molar-refractivity contribution in [1.82, 2.24) is 24.8 Å². The molecule has 3 aromatic heterocycles. The van der Waals surface area contributed by atoms with Crippen molar-refractivity contribution in [2.24, 2.45) is 11.8 Å². The first kappa shape index (κ1) is 38.6. The van der Waals surface area contributed by atoms with Crippen molar-refractivity contribution in [3.8, 4) is 44.5 Å². The number of benzene rings is 4. The summed E-state index contributed by atoms with van der Waals surface area (Å²) < 4.78 is 10.4. The van der Waals surface area contributed by atoms with Crippen LogP contribution in [0.4, 0.5) is 0 Å². The fourth-order valence-corrected chi connectivity index (χ4v) is 9.15. The van der Waals surface area contributed by atoms with Gasteiger partial charge in [0.1, 0.15) is 0 Å². The molecular weight excluding hydrogens is 771 g/mol. The largest absolute Gasteiger partial charge is 0.469 e. The number of nitrogens with one attached hydrogen (secondary N) is 2. The molecule has 6 heterocycles. The number of carbonyl (C=O) groups excluding carboxylic acids is 2. The lowest BCUT2D eigenvalue weighted by atomic mass is 9.96. The van der Waals surface area contributed by atoms with Crippen molar-refractivity contribution in [2.75, 3.05) is 27.3 Å². The van der Waals surface area contributed by atoms with E-state index in [9.17, 15) is 9.59 Å². The number of ether oxygens (including phenoxy) is 2. The molecule has 2 N–H and O–H groups in total. The number of hydrogen-bond acceptors (Lipinski definition) is 7. The van der Waals surface area contributed by atoms with E-state index in [1.54, 1.807) is 0 Å². The zero-order chi connectivity index (χ0) is 42.2. The summed E-state index contributed by atoms with van der Waals surface area (Å²) in [6, 6.07) is 47.8. The van der Waals surface area contributed by atoms with Gasteiger partial charge in [0.2, 0.25) is 0 Å². The Morgan fingerprint density at radius 2 is 0.887 bits per heavy atom.